The molecule has 4 heteroatoms. The van der Waals surface area contributed by atoms with Crippen molar-refractivity contribution in [2.75, 3.05) is 20.8 Å². The Balaban J connectivity index is 2.49. The van der Waals surface area contributed by atoms with Gasteiger partial charge in [-0.25, -0.2) is 0 Å². The molecule has 0 aliphatic carbocycles. The summed E-state index contributed by atoms with van der Waals surface area (Å²) in [5.41, 5.74) is 2.49. The van der Waals surface area contributed by atoms with Crippen molar-refractivity contribution in [2.24, 2.45) is 0 Å². The number of methoxy groups -OCH3 is 2. The van der Waals surface area contributed by atoms with Gasteiger partial charge in [-0.1, -0.05) is 6.92 Å². The fourth-order valence-electron chi connectivity index (χ4n) is 2.54. The first-order valence-corrected chi connectivity index (χ1v) is 7.94. The number of ether oxygens (including phenoxy) is 2. The van der Waals surface area contributed by atoms with Crippen LogP contribution in [0.1, 0.15) is 33.8 Å². The fraction of sp³-hybridized carbons (Fsp3) is 0.412. The molecule has 0 aliphatic heterocycles. The van der Waals surface area contributed by atoms with E-state index in [1.807, 2.05) is 17.4 Å². The van der Waals surface area contributed by atoms with Gasteiger partial charge in [-0.3, -0.25) is 0 Å². The van der Waals surface area contributed by atoms with Crippen LogP contribution in [0.15, 0.2) is 24.3 Å². The molecule has 0 saturated carbocycles. The van der Waals surface area contributed by atoms with Gasteiger partial charge < -0.3 is 14.8 Å². The van der Waals surface area contributed by atoms with E-state index < -0.39 is 0 Å². The Morgan fingerprint density at radius 2 is 1.67 bits per heavy atom. The first-order valence-electron chi connectivity index (χ1n) is 7.12. The van der Waals surface area contributed by atoms with Gasteiger partial charge in [0.15, 0.2) is 0 Å². The summed E-state index contributed by atoms with van der Waals surface area (Å²) in [6.45, 7) is 7.35. The summed E-state index contributed by atoms with van der Waals surface area (Å²) in [6, 6.07) is 8.46. The van der Waals surface area contributed by atoms with Crippen LogP contribution < -0.4 is 14.8 Å². The average Bonchev–Trinajstić information content (AvgIpc) is 2.82. The molecule has 0 radical (unpaired) electrons. The van der Waals surface area contributed by atoms with Crippen molar-refractivity contribution in [1.29, 1.82) is 0 Å². The number of aryl methyl sites for hydroxylation is 2. The molecule has 1 heterocycles. The van der Waals surface area contributed by atoms with Gasteiger partial charge in [0.2, 0.25) is 0 Å². The number of nitrogens with one attached hydrogen (secondary N) is 1. The molecule has 1 aromatic carbocycles. The standard InChI is InChI=1S/C17H23NO2S/c1-6-18-17(16-7-11(2)21-12(16)3)13-8-14(19-4)10-15(9-13)20-5/h7-10,17-18H,6H2,1-5H3. The lowest BCUT2D eigenvalue weighted by atomic mass is 9.98. The Morgan fingerprint density at radius 3 is 2.10 bits per heavy atom. The van der Waals surface area contributed by atoms with Crippen LogP contribution in [-0.4, -0.2) is 20.8 Å². The van der Waals surface area contributed by atoms with E-state index in [0.29, 0.717) is 0 Å². The molecule has 0 bridgehead atoms. The third-order valence-corrected chi connectivity index (χ3v) is 4.49. The summed E-state index contributed by atoms with van der Waals surface area (Å²) in [5, 5.41) is 3.57. The Hall–Kier alpha value is -1.52. The highest BCUT2D eigenvalue weighted by molar-refractivity contribution is 7.12. The van der Waals surface area contributed by atoms with E-state index in [4.69, 9.17) is 9.47 Å². The first-order chi connectivity index (χ1) is 10.1. The summed E-state index contributed by atoms with van der Waals surface area (Å²) in [7, 11) is 3.36. The molecular weight excluding hydrogens is 282 g/mol. The molecule has 1 N–H and O–H groups in total. The maximum Gasteiger partial charge on any atom is 0.122 e. The van der Waals surface area contributed by atoms with Gasteiger partial charge in [-0.05, 0) is 49.7 Å². The second-order valence-electron chi connectivity index (χ2n) is 5.01. The van der Waals surface area contributed by atoms with Crippen LogP contribution in [-0.2, 0) is 0 Å². The zero-order valence-corrected chi connectivity index (χ0v) is 14.1. The van der Waals surface area contributed by atoms with Crippen LogP contribution in [0.2, 0.25) is 0 Å². The summed E-state index contributed by atoms with van der Waals surface area (Å²) in [4.78, 5) is 2.68. The van der Waals surface area contributed by atoms with E-state index >= 15 is 0 Å². The molecule has 0 amide bonds. The molecule has 1 unspecified atom stereocenters. The SMILES string of the molecule is CCNC(c1cc(OC)cc(OC)c1)c1cc(C)sc1C. The van der Waals surface area contributed by atoms with E-state index in [-0.39, 0.29) is 6.04 Å². The number of hydrogen-bond acceptors (Lipinski definition) is 4. The molecule has 3 nitrogen and oxygen atoms in total. The normalized spacial score (nSPS) is 12.2. The summed E-state index contributed by atoms with van der Waals surface area (Å²) in [5.74, 6) is 1.63. The number of thiophene rings is 1. The first kappa shape index (κ1) is 15.9. The Labute approximate surface area is 130 Å². The molecule has 21 heavy (non-hydrogen) atoms. The van der Waals surface area contributed by atoms with E-state index in [2.05, 4.69) is 44.3 Å². The number of benzene rings is 1. The molecule has 1 atom stereocenters. The van der Waals surface area contributed by atoms with Crippen LogP contribution >= 0.6 is 11.3 Å². The minimum absolute atomic E-state index is 0.156. The van der Waals surface area contributed by atoms with Crippen LogP contribution in [0.25, 0.3) is 0 Å². The summed E-state index contributed by atoms with van der Waals surface area (Å²) in [6.07, 6.45) is 0. The van der Waals surface area contributed by atoms with Gasteiger partial charge >= 0.3 is 0 Å². The Kier molecular flexibility index (Phi) is 5.26. The third-order valence-electron chi connectivity index (χ3n) is 3.51. The molecule has 114 valence electrons. The lowest BCUT2D eigenvalue weighted by molar-refractivity contribution is 0.392. The maximum atomic E-state index is 5.39. The van der Waals surface area contributed by atoms with Gasteiger partial charge in [0.25, 0.3) is 0 Å². The summed E-state index contributed by atoms with van der Waals surface area (Å²) >= 11 is 1.84. The third kappa shape index (κ3) is 3.57. The molecular formula is C17H23NO2S. The van der Waals surface area contributed by atoms with Crippen LogP contribution in [0.4, 0.5) is 0 Å². The lowest BCUT2D eigenvalue weighted by Crippen LogP contribution is -2.22. The van der Waals surface area contributed by atoms with E-state index in [1.54, 1.807) is 14.2 Å². The average molecular weight is 305 g/mol. The highest BCUT2D eigenvalue weighted by atomic mass is 32.1. The maximum absolute atomic E-state index is 5.39. The number of rotatable bonds is 6. The van der Waals surface area contributed by atoms with Crippen molar-refractivity contribution >= 4 is 11.3 Å². The van der Waals surface area contributed by atoms with Crippen LogP contribution in [0.5, 0.6) is 11.5 Å². The molecule has 1 aromatic heterocycles. The predicted molar refractivity (Wildman–Crippen MR) is 88.9 cm³/mol. The van der Waals surface area contributed by atoms with Gasteiger partial charge in [0.1, 0.15) is 11.5 Å². The number of hydrogen-bond donors (Lipinski definition) is 1. The van der Waals surface area contributed by atoms with Crippen LogP contribution in [0, 0.1) is 13.8 Å². The van der Waals surface area contributed by atoms with Crippen molar-refractivity contribution in [1.82, 2.24) is 5.32 Å². The Bertz CT molecular complexity index is 585. The smallest absolute Gasteiger partial charge is 0.122 e. The van der Waals surface area contributed by atoms with Crippen molar-refractivity contribution in [2.45, 2.75) is 26.8 Å². The topological polar surface area (TPSA) is 30.5 Å². The van der Waals surface area contributed by atoms with Gasteiger partial charge in [-0.15, -0.1) is 11.3 Å². The van der Waals surface area contributed by atoms with Crippen molar-refractivity contribution in [3.8, 4) is 11.5 Å². The van der Waals surface area contributed by atoms with Gasteiger partial charge in [0, 0.05) is 15.8 Å². The second kappa shape index (κ2) is 6.96. The highest BCUT2D eigenvalue weighted by Gasteiger charge is 2.18. The molecule has 2 aromatic rings. The van der Waals surface area contributed by atoms with Gasteiger partial charge in [0.05, 0.1) is 20.3 Å². The van der Waals surface area contributed by atoms with Crippen molar-refractivity contribution in [3.63, 3.8) is 0 Å². The molecule has 2 rings (SSSR count). The van der Waals surface area contributed by atoms with E-state index in [0.717, 1.165) is 23.6 Å². The summed E-state index contributed by atoms with van der Waals surface area (Å²) < 4.78 is 10.8. The van der Waals surface area contributed by atoms with Gasteiger partial charge in [-0.2, -0.15) is 0 Å². The van der Waals surface area contributed by atoms with E-state index in [9.17, 15) is 0 Å². The quantitative estimate of drug-likeness (QED) is 0.872. The molecule has 0 spiro atoms. The predicted octanol–water partition coefficient (Wildman–Crippen LogP) is 4.08. The van der Waals surface area contributed by atoms with Crippen molar-refractivity contribution < 1.29 is 9.47 Å². The monoisotopic (exact) mass is 305 g/mol. The minimum Gasteiger partial charge on any atom is -0.497 e. The second-order valence-corrected chi connectivity index (χ2v) is 6.47. The molecule has 0 fully saturated rings. The van der Waals surface area contributed by atoms with Crippen LogP contribution in [0.3, 0.4) is 0 Å². The lowest BCUT2D eigenvalue weighted by Gasteiger charge is -2.20. The minimum atomic E-state index is 0.156. The molecule has 0 aliphatic rings. The zero-order valence-electron chi connectivity index (χ0n) is 13.3. The largest absolute Gasteiger partial charge is 0.497 e. The zero-order chi connectivity index (χ0) is 15.4. The molecule has 0 saturated heterocycles. The van der Waals surface area contributed by atoms with E-state index in [1.165, 1.54) is 15.3 Å². The highest BCUT2D eigenvalue weighted by Crippen LogP contribution is 2.34. The van der Waals surface area contributed by atoms with Crippen molar-refractivity contribution in [3.05, 3.63) is 45.1 Å². The Morgan fingerprint density at radius 1 is 1.05 bits per heavy atom. The fourth-order valence-corrected chi connectivity index (χ4v) is 3.51.